The molecule has 0 bridgehead atoms. The average Bonchev–Trinajstić information content (AvgIpc) is 3.11. The number of aryl methyl sites for hydroxylation is 1. The highest BCUT2D eigenvalue weighted by atomic mass is 32.2. The lowest BCUT2D eigenvalue weighted by Crippen LogP contribution is -2.10. The summed E-state index contributed by atoms with van der Waals surface area (Å²) in [6.45, 7) is 6.34. The van der Waals surface area contributed by atoms with E-state index in [2.05, 4.69) is 6.07 Å². The first-order valence-corrected chi connectivity index (χ1v) is 10.1. The van der Waals surface area contributed by atoms with Crippen molar-refractivity contribution in [2.45, 2.75) is 46.5 Å². The number of carbonyl (C=O) groups is 2. The maximum absolute atomic E-state index is 11.4. The van der Waals surface area contributed by atoms with Gasteiger partial charge in [-0.15, -0.1) is 23.1 Å². The molecule has 0 amide bonds. The molecule has 24 heavy (non-hydrogen) atoms. The van der Waals surface area contributed by atoms with Gasteiger partial charge in [0.15, 0.2) is 0 Å². The maximum Gasteiger partial charge on any atom is 0.306 e. The second kappa shape index (κ2) is 16.5. The Hall–Kier alpha value is -1.33. The summed E-state index contributed by atoms with van der Waals surface area (Å²) in [6, 6.07) is 4.09. The minimum absolute atomic E-state index is 0.0867. The van der Waals surface area contributed by atoms with E-state index in [9.17, 15) is 9.59 Å². The van der Waals surface area contributed by atoms with Gasteiger partial charge in [0, 0.05) is 11.3 Å². The van der Waals surface area contributed by atoms with E-state index in [1.54, 1.807) is 11.3 Å². The van der Waals surface area contributed by atoms with Crippen molar-refractivity contribution in [1.29, 1.82) is 0 Å². The van der Waals surface area contributed by atoms with Crippen molar-refractivity contribution >= 4 is 34.9 Å². The van der Waals surface area contributed by atoms with E-state index in [-0.39, 0.29) is 24.6 Å². The molecule has 1 heterocycles. The van der Waals surface area contributed by atoms with Crippen LogP contribution >= 0.6 is 23.1 Å². The van der Waals surface area contributed by atoms with Crippen LogP contribution in [0.3, 0.4) is 0 Å². The highest BCUT2D eigenvalue weighted by Gasteiger charge is 2.07. The van der Waals surface area contributed by atoms with Gasteiger partial charge in [-0.3, -0.25) is 9.59 Å². The molecule has 0 aliphatic heterocycles. The zero-order valence-corrected chi connectivity index (χ0v) is 16.5. The smallest absolute Gasteiger partial charge is 0.306 e. The molecule has 5 heteroatoms. The molecule has 0 fully saturated rings. The first kappa shape index (κ1) is 22.7. The number of hydrogen-bond acceptors (Lipinski definition) is 5. The lowest BCUT2D eigenvalue weighted by molar-refractivity contribution is -0.144. The predicted molar refractivity (Wildman–Crippen MR) is 106 cm³/mol. The molecule has 0 unspecified atom stereocenters. The van der Waals surface area contributed by atoms with Crippen LogP contribution in [-0.2, 0) is 20.7 Å². The number of ether oxygens (including phenoxy) is 1. The highest BCUT2D eigenvalue weighted by molar-refractivity contribution is 8.02. The lowest BCUT2D eigenvalue weighted by Gasteiger charge is -2.03. The van der Waals surface area contributed by atoms with Crippen LogP contribution in [0.15, 0.2) is 41.1 Å². The second-order valence-electron chi connectivity index (χ2n) is 4.89. The van der Waals surface area contributed by atoms with Crippen LogP contribution in [0.5, 0.6) is 0 Å². The van der Waals surface area contributed by atoms with E-state index in [1.807, 2.05) is 55.9 Å². The first-order chi connectivity index (χ1) is 11.6. The Bertz CT molecular complexity index is 487. The summed E-state index contributed by atoms with van der Waals surface area (Å²) in [5.74, 6) is 0.236. The minimum atomic E-state index is -0.277. The number of ketones is 1. The maximum atomic E-state index is 11.4. The minimum Gasteiger partial charge on any atom is -0.466 e. The molecule has 134 valence electrons. The first-order valence-electron chi connectivity index (χ1n) is 8.13. The number of Topliss-reactive ketones (excluding diaryl/α,β-unsaturated/α-hetero) is 1. The molecular weight excluding hydrogens is 340 g/mol. The molecule has 1 aromatic rings. The van der Waals surface area contributed by atoms with Crippen molar-refractivity contribution in [3.05, 3.63) is 46.0 Å². The zero-order chi connectivity index (χ0) is 18.0. The summed E-state index contributed by atoms with van der Waals surface area (Å²) in [6.07, 6.45) is 8.11. The van der Waals surface area contributed by atoms with Crippen LogP contribution in [-0.4, -0.2) is 24.1 Å². The van der Waals surface area contributed by atoms with Gasteiger partial charge in [-0.05, 0) is 50.5 Å². The third-order valence-electron chi connectivity index (χ3n) is 2.83. The zero-order valence-electron chi connectivity index (χ0n) is 14.8. The van der Waals surface area contributed by atoms with Crippen LogP contribution in [0.25, 0.3) is 0 Å². The van der Waals surface area contributed by atoms with Gasteiger partial charge in [-0.2, -0.15) is 0 Å². The van der Waals surface area contributed by atoms with Gasteiger partial charge in [-0.25, -0.2) is 0 Å². The predicted octanol–water partition coefficient (Wildman–Crippen LogP) is 5.42. The fraction of sp³-hybridized carbons (Fsp3) is 0.474. The van der Waals surface area contributed by atoms with Crippen molar-refractivity contribution < 1.29 is 14.3 Å². The third kappa shape index (κ3) is 14.3. The molecule has 0 aliphatic rings. The van der Waals surface area contributed by atoms with Gasteiger partial charge in [0.25, 0.3) is 0 Å². The standard InChI is InChI=1S/C15H20O3S2.C4H8/c1-2-10-19-12-13(16)7-8-15(17)18-9-3-5-14-6-4-11-20-14;1-3-4-2/h2,4,6,10-11H,3,5,7-9,12H2,1H3;3-4H,1-2H3/b10-2-;4-3-. The van der Waals surface area contributed by atoms with E-state index in [4.69, 9.17) is 4.74 Å². The molecule has 0 N–H and O–H groups in total. The van der Waals surface area contributed by atoms with Crippen molar-refractivity contribution in [2.75, 3.05) is 12.4 Å². The summed E-state index contributed by atoms with van der Waals surface area (Å²) < 4.78 is 5.11. The van der Waals surface area contributed by atoms with Crippen molar-refractivity contribution in [2.24, 2.45) is 0 Å². The van der Waals surface area contributed by atoms with Gasteiger partial charge < -0.3 is 4.74 Å². The average molecular weight is 369 g/mol. The van der Waals surface area contributed by atoms with Gasteiger partial charge in [0.05, 0.1) is 18.8 Å². The SMILES string of the molecule is C/C=C\C.C/C=C\SCC(=O)CCC(=O)OCCCc1cccs1. The highest BCUT2D eigenvalue weighted by Crippen LogP contribution is 2.11. The fourth-order valence-corrected chi connectivity index (χ4v) is 2.88. The molecule has 0 saturated heterocycles. The van der Waals surface area contributed by atoms with E-state index in [1.165, 1.54) is 16.6 Å². The van der Waals surface area contributed by atoms with E-state index >= 15 is 0 Å². The Balaban J connectivity index is 0.00000118. The van der Waals surface area contributed by atoms with Gasteiger partial charge >= 0.3 is 5.97 Å². The number of thiophene rings is 1. The summed E-state index contributed by atoms with van der Waals surface area (Å²) >= 11 is 3.16. The molecule has 0 atom stereocenters. The molecule has 0 saturated carbocycles. The van der Waals surface area contributed by atoms with Crippen molar-refractivity contribution in [3.8, 4) is 0 Å². The molecule has 0 spiro atoms. The van der Waals surface area contributed by atoms with Crippen LogP contribution < -0.4 is 0 Å². The molecule has 0 aromatic carbocycles. The number of thioether (sulfide) groups is 1. The molecule has 3 nitrogen and oxygen atoms in total. The van der Waals surface area contributed by atoms with Gasteiger partial charge in [-0.1, -0.05) is 24.3 Å². The number of rotatable bonds is 10. The Morgan fingerprint density at radius 3 is 2.50 bits per heavy atom. The topological polar surface area (TPSA) is 43.4 Å². The Labute approximate surface area is 154 Å². The van der Waals surface area contributed by atoms with Crippen LogP contribution in [0.4, 0.5) is 0 Å². The second-order valence-corrected chi connectivity index (χ2v) is 6.82. The molecular formula is C19H28O3S2. The monoisotopic (exact) mass is 368 g/mol. The van der Waals surface area contributed by atoms with Crippen molar-refractivity contribution in [3.63, 3.8) is 0 Å². The van der Waals surface area contributed by atoms with E-state index < -0.39 is 0 Å². The van der Waals surface area contributed by atoms with Crippen LogP contribution in [0.2, 0.25) is 0 Å². The summed E-state index contributed by atoms with van der Waals surface area (Å²) in [4.78, 5) is 24.2. The summed E-state index contributed by atoms with van der Waals surface area (Å²) in [5, 5.41) is 3.92. The molecule has 0 radical (unpaired) electrons. The Morgan fingerprint density at radius 1 is 1.17 bits per heavy atom. The lowest BCUT2D eigenvalue weighted by atomic mass is 10.2. The molecule has 1 aromatic heterocycles. The quantitative estimate of drug-likeness (QED) is 0.314. The third-order valence-corrected chi connectivity index (χ3v) is 4.72. The number of carbonyl (C=O) groups excluding carboxylic acids is 2. The fourth-order valence-electron chi connectivity index (χ4n) is 1.51. The van der Waals surface area contributed by atoms with Crippen LogP contribution in [0.1, 0.15) is 44.9 Å². The van der Waals surface area contributed by atoms with Crippen molar-refractivity contribution in [1.82, 2.24) is 0 Å². The van der Waals surface area contributed by atoms with E-state index in [0.29, 0.717) is 12.4 Å². The summed E-state index contributed by atoms with van der Waals surface area (Å²) in [7, 11) is 0. The number of allylic oxidation sites excluding steroid dienone is 3. The Kier molecular flexibility index (Phi) is 15.6. The van der Waals surface area contributed by atoms with Gasteiger partial charge in [0.1, 0.15) is 5.78 Å². The largest absolute Gasteiger partial charge is 0.466 e. The summed E-state index contributed by atoms with van der Waals surface area (Å²) in [5.41, 5.74) is 0. The number of hydrogen-bond donors (Lipinski definition) is 0. The normalized spacial score (nSPS) is 10.6. The van der Waals surface area contributed by atoms with Gasteiger partial charge in [0.2, 0.25) is 0 Å². The van der Waals surface area contributed by atoms with Crippen LogP contribution in [0, 0.1) is 0 Å². The van der Waals surface area contributed by atoms with E-state index in [0.717, 1.165) is 12.8 Å². The Morgan fingerprint density at radius 2 is 1.92 bits per heavy atom. The molecule has 0 aliphatic carbocycles. The number of esters is 1. The molecule has 1 rings (SSSR count).